The van der Waals surface area contributed by atoms with Gasteiger partial charge in [0.25, 0.3) is 0 Å². The van der Waals surface area contributed by atoms with Crippen LogP contribution in [0.25, 0.3) is 0 Å². The second kappa shape index (κ2) is 9.94. The van der Waals surface area contributed by atoms with Crippen LogP contribution in [0.4, 0.5) is 0 Å². The molecule has 2 fully saturated rings. The lowest BCUT2D eigenvalue weighted by atomic mass is 10.1. The van der Waals surface area contributed by atoms with Gasteiger partial charge in [-0.25, -0.2) is 0 Å². The first-order valence-electron chi connectivity index (χ1n) is 7.64. The topological polar surface area (TPSA) is 50.8 Å². The minimum Gasteiger partial charge on any atom is -0.379 e. The Labute approximate surface area is 140 Å². The van der Waals surface area contributed by atoms with Crippen molar-refractivity contribution in [2.75, 3.05) is 52.6 Å². The van der Waals surface area contributed by atoms with Crippen molar-refractivity contribution in [2.45, 2.75) is 6.42 Å². The average molecular weight is 371 g/mol. The van der Waals surface area contributed by atoms with E-state index < -0.39 is 0 Å². The van der Waals surface area contributed by atoms with Gasteiger partial charge in [0, 0.05) is 30.7 Å². The predicted octanol–water partition coefficient (Wildman–Crippen LogP) is 1.46. The van der Waals surface area contributed by atoms with Gasteiger partial charge in [-0.15, -0.1) is 0 Å². The Morgan fingerprint density at radius 1 is 1.14 bits per heavy atom. The second-order valence-corrected chi connectivity index (χ2v) is 6.08. The van der Waals surface area contributed by atoms with Gasteiger partial charge in [-0.3, -0.25) is 4.79 Å². The second-order valence-electron chi connectivity index (χ2n) is 5.16. The summed E-state index contributed by atoms with van der Waals surface area (Å²) in [6.45, 7) is 6.58. The van der Waals surface area contributed by atoms with E-state index in [0.717, 1.165) is 36.3 Å². The zero-order valence-corrected chi connectivity index (χ0v) is 14.3. The van der Waals surface area contributed by atoms with E-state index >= 15 is 0 Å². The number of amides is 1. The fraction of sp³-hybridized carbons (Fsp3) is 0.562. The quantitative estimate of drug-likeness (QED) is 0.855. The molecule has 2 aliphatic rings. The molecule has 0 aliphatic carbocycles. The summed E-state index contributed by atoms with van der Waals surface area (Å²) in [5, 5.41) is 3.16. The number of benzene rings is 1. The van der Waals surface area contributed by atoms with Crippen LogP contribution >= 0.6 is 15.9 Å². The zero-order chi connectivity index (χ0) is 15.6. The Morgan fingerprint density at radius 3 is 2.36 bits per heavy atom. The van der Waals surface area contributed by atoms with E-state index in [9.17, 15) is 4.79 Å². The third-order valence-corrected chi connectivity index (χ3v) is 3.95. The summed E-state index contributed by atoms with van der Waals surface area (Å²) in [4.78, 5) is 13.8. The van der Waals surface area contributed by atoms with Crippen LogP contribution < -0.4 is 5.32 Å². The van der Waals surface area contributed by atoms with Crippen molar-refractivity contribution in [3.05, 3.63) is 34.3 Å². The SMILES string of the molecule is C1COCCN1.O=C(Cc1cccc(Br)c1)N1CCOCC1. The Bertz CT molecular complexity index is 449. The van der Waals surface area contributed by atoms with Gasteiger partial charge >= 0.3 is 0 Å². The summed E-state index contributed by atoms with van der Waals surface area (Å²) in [7, 11) is 0. The van der Waals surface area contributed by atoms with E-state index in [1.807, 2.05) is 29.2 Å². The molecule has 1 amide bonds. The van der Waals surface area contributed by atoms with Crippen LogP contribution in [0, 0.1) is 0 Å². The minimum absolute atomic E-state index is 0.182. The molecule has 0 spiro atoms. The highest BCUT2D eigenvalue weighted by Crippen LogP contribution is 2.13. The van der Waals surface area contributed by atoms with Gasteiger partial charge in [0.1, 0.15) is 0 Å². The monoisotopic (exact) mass is 370 g/mol. The summed E-state index contributed by atoms with van der Waals surface area (Å²) in [6, 6.07) is 7.87. The summed E-state index contributed by atoms with van der Waals surface area (Å²) in [5.41, 5.74) is 1.05. The summed E-state index contributed by atoms with van der Waals surface area (Å²) in [6.07, 6.45) is 0.472. The molecule has 122 valence electrons. The van der Waals surface area contributed by atoms with Crippen molar-refractivity contribution >= 4 is 21.8 Å². The molecule has 1 N–H and O–H groups in total. The maximum absolute atomic E-state index is 11.9. The average Bonchev–Trinajstić information content (AvgIpc) is 2.58. The molecule has 1 aromatic rings. The van der Waals surface area contributed by atoms with Crippen LogP contribution in [0.2, 0.25) is 0 Å². The first-order chi connectivity index (χ1) is 10.8. The summed E-state index contributed by atoms with van der Waals surface area (Å²) >= 11 is 3.40. The largest absolute Gasteiger partial charge is 0.379 e. The highest BCUT2D eigenvalue weighted by molar-refractivity contribution is 9.10. The first-order valence-corrected chi connectivity index (χ1v) is 8.43. The minimum atomic E-state index is 0.182. The van der Waals surface area contributed by atoms with Gasteiger partial charge in [-0.1, -0.05) is 28.1 Å². The number of morpholine rings is 2. The van der Waals surface area contributed by atoms with E-state index in [1.54, 1.807) is 0 Å². The van der Waals surface area contributed by atoms with Crippen molar-refractivity contribution in [3.63, 3.8) is 0 Å². The number of ether oxygens (including phenoxy) is 2. The van der Waals surface area contributed by atoms with Crippen molar-refractivity contribution in [3.8, 4) is 0 Å². The van der Waals surface area contributed by atoms with Gasteiger partial charge in [0.05, 0.1) is 32.8 Å². The Morgan fingerprint density at radius 2 is 1.82 bits per heavy atom. The molecular formula is C16H23BrN2O3. The van der Waals surface area contributed by atoms with Crippen molar-refractivity contribution in [1.29, 1.82) is 0 Å². The van der Waals surface area contributed by atoms with Crippen LogP contribution in [0.1, 0.15) is 5.56 Å². The van der Waals surface area contributed by atoms with Gasteiger partial charge in [-0.05, 0) is 17.7 Å². The van der Waals surface area contributed by atoms with Crippen LogP contribution in [0.5, 0.6) is 0 Å². The molecule has 0 radical (unpaired) electrons. The molecule has 2 saturated heterocycles. The van der Waals surface area contributed by atoms with Gasteiger partial charge in [-0.2, -0.15) is 0 Å². The number of carbonyl (C=O) groups is 1. The Kier molecular flexibility index (Phi) is 7.87. The van der Waals surface area contributed by atoms with E-state index in [1.165, 1.54) is 0 Å². The molecule has 5 nitrogen and oxygen atoms in total. The number of hydrogen-bond acceptors (Lipinski definition) is 4. The zero-order valence-electron chi connectivity index (χ0n) is 12.7. The van der Waals surface area contributed by atoms with Crippen molar-refractivity contribution in [1.82, 2.24) is 10.2 Å². The first kappa shape index (κ1) is 17.4. The molecule has 0 saturated carbocycles. The molecule has 0 unspecified atom stereocenters. The smallest absolute Gasteiger partial charge is 0.227 e. The number of rotatable bonds is 2. The summed E-state index contributed by atoms with van der Waals surface area (Å²) < 4.78 is 11.2. The number of nitrogens with one attached hydrogen (secondary N) is 1. The summed E-state index contributed by atoms with van der Waals surface area (Å²) in [5.74, 6) is 0.182. The standard InChI is InChI=1S/C12H14BrNO2.C4H9NO/c13-11-3-1-2-10(8-11)9-12(15)14-4-6-16-7-5-14;1-3-6-4-2-5-1/h1-3,8H,4-7,9H2;5H,1-4H2. The van der Waals surface area contributed by atoms with E-state index in [-0.39, 0.29) is 5.91 Å². The molecule has 3 rings (SSSR count). The van der Waals surface area contributed by atoms with Crippen molar-refractivity contribution in [2.24, 2.45) is 0 Å². The fourth-order valence-electron chi connectivity index (χ4n) is 2.26. The molecule has 2 aliphatic heterocycles. The van der Waals surface area contributed by atoms with Crippen LogP contribution in [-0.2, 0) is 20.7 Å². The third kappa shape index (κ3) is 6.44. The Hall–Kier alpha value is -0.950. The molecular weight excluding hydrogens is 348 g/mol. The predicted molar refractivity (Wildman–Crippen MR) is 88.9 cm³/mol. The van der Waals surface area contributed by atoms with E-state index in [4.69, 9.17) is 9.47 Å². The number of halogens is 1. The molecule has 2 heterocycles. The van der Waals surface area contributed by atoms with Crippen LogP contribution in [0.3, 0.4) is 0 Å². The molecule has 6 heteroatoms. The highest BCUT2D eigenvalue weighted by atomic mass is 79.9. The number of nitrogens with zero attached hydrogens (tertiary/aromatic N) is 1. The third-order valence-electron chi connectivity index (χ3n) is 3.45. The fourth-order valence-corrected chi connectivity index (χ4v) is 2.71. The number of carbonyl (C=O) groups excluding carboxylic acids is 1. The normalized spacial score (nSPS) is 18.3. The lowest BCUT2D eigenvalue weighted by molar-refractivity contribution is -0.134. The molecule has 0 aromatic heterocycles. The van der Waals surface area contributed by atoms with Crippen molar-refractivity contribution < 1.29 is 14.3 Å². The van der Waals surface area contributed by atoms with Gasteiger partial charge < -0.3 is 19.7 Å². The molecule has 22 heavy (non-hydrogen) atoms. The van der Waals surface area contributed by atoms with Crippen LogP contribution in [0.15, 0.2) is 28.7 Å². The maximum Gasteiger partial charge on any atom is 0.227 e. The highest BCUT2D eigenvalue weighted by Gasteiger charge is 2.16. The molecule has 1 aromatic carbocycles. The molecule has 0 atom stereocenters. The number of hydrogen-bond donors (Lipinski definition) is 1. The van der Waals surface area contributed by atoms with Crippen LogP contribution in [-0.4, -0.2) is 63.4 Å². The van der Waals surface area contributed by atoms with Gasteiger partial charge in [0.15, 0.2) is 0 Å². The van der Waals surface area contributed by atoms with E-state index in [0.29, 0.717) is 32.7 Å². The van der Waals surface area contributed by atoms with Gasteiger partial charge in [0.2, 0.25) is 5.91 Å². The lowest BCUT2D eigenvalue weighted by Gasteiger charge is -2.26. The Balaban J connectivity index is 0.000000246. The molecule has 0 bridgehead atoms. The van der Waals surface area contributed by atoms with E-state index in [2.05, 4.69) is 21.2 Å². The lowest BCUT2D eigenvalue weighted by Crippen LogP contribution is -2.41. The maximum atomic E-state index is 11.9.